The van der Waals surface area contributed by atoms with Gasteiger partial charge in [0.1, 0.15) is 0 Å². The second-order valence-electron chi connectivity index (χ2n) is 6.33. The molecule has 0 aromatic heterocycles. The quantitative estimate of drug-likeness (QED) is 0.844. The first-order valence-corrected chi connectivity index (χ1v) is 8.56. The van der Waals surface area contributed by atoms with E-state index in [4.69, 9.17) is 4.74 Å². The highest BCUT2D eigenvalue weighted by molar-refractivity contribution is 5.67. The van der Waals surface area contributed by atoms with Gasteiger partial charge in [-0.1, -0.05) is 6.42 Å². The number of carbonyl (C=O) groups is 1. The van der Waals surface area contributed by atoms with E-state index in [9.17, 15) is 4.79 Å². The molecule has 2 saturated heterocycles. The molecule has 5 heteroatoms. The summed E-state index contributed by atoms with van der Waals surface area (Å²) in [4.78, 5) is 16.0. The van der Waals surface area contributed by atoms with E-state index in [0.29, 0.717) is 12.6 Å². The van der Waals surface area contributed by atoms with Crippen molar-refractivity contribution in [2.75, 3.05) is 39.8 Å². The Hall–Kier alpha value is -0.810. The van der Waals surface area contributed by atoms with E-state index in [-0.39, 0.29) is 6.09 Å². The highest BCUT2D eigenvalue weighted by Gasteiger charge is 2.24. The first-order valence-electron chi connectivity index (χ1n) is 8.56. The van der Waals surface area contributed by atoms with Crippen molar-refractivity contribution in [3.63, 3.8) is 0 Å². The number of nitrogens with zero attached hydrogens (tertiary/aromatic N) is 2. The maximum Gasteiger partial charge on any atom is 0.409 e. The third-order valence-electron chi connectivity index (χ3n) is 4.85. The fraction of sp³-hybridized carbons (Fsp3) is 0.938. The number of piperidine rings is 2. The van der Waals surface area contributed by atoms with Crippen molar-refractivity contribution in [1.29, 1.82) is 0 Å². The second-order valence-corrected chi connectivity index (χ2v) is 6.33. The highest BCUT2D eigenvalue weighted by Crippen LogP contribution is 2.18. The Balaban J connectivity index is 1.59. The summed E-state index contributed by atoms with van der Waals surface area (Å²) in [6.45, 7) is 6.31. The molecule has 5 nitrogen and oxygen atoms in total. The van der Waals surface area contributed by atoms with Gasteiger partial charge in [-0.05, 0) is 59.2 Å². The van der Waals surface area contributed by atoms with Gasteiger partial charge in [-0.25, -0.2) is 4.79 Å². The zero-order chi connectivity index (χ0) is 15.1. The molecule has 1 unspecified atom stereocenters. The van der Waals surface area contributed by atoms with E-state index in [2.05, 4.69) is 17.3 Å². The molecule has 0 bridgehead atoms. The first-order chi connectivity index (χ1) is 10.2. The van der Waals surface area contributed by atoms with Gasteiger partial charge in [0.25, 0.3) is 0 Å². The fourth-order valence-electron chi connectivity index (χ4n) is 3.44. The Morgan fingerprint density at radius 2 is 1.95 bits per heavy atom. The Morgan fingerprint density at radius 1 is 1.19 bits per heavy atom. The highest BCUT2D eigenvalue weighted by atomic mass is 16.6. The van der Waals surface area contributed by atoms with Crippen LogP contribution in [0.4, 0.5) is 4.79 Å². The SMILES string of the molecule is CCOC(=O)N1CCC(NCCC2CCCCN2C)CC1. The van der Waals surface area contributed by atoms with Crippen LogP contribution in [-0.2, 0) is 4.74 Å². The Morgan fingerprint density at radius 3 is 2.62 bits per heavy atom. The molecule has 0 aliphatic carbocycles. The van der Waals surface area contributed by atoms with E-state index >= 15 is 0 Å². The van der Waals surface area contributed by atoms with Crippen molar-refractivity contribution in [3.05, 3.63) is 0 Å². The van der Waals surface area contributed by atoms with Gasteiger partial charge in [0, 0.05) is 25.2 Å². The molecule has 122 valence electrons. The molecule has 0 aromatic carbocycles. The minimum Gasteiger partial charge on any atom is -0.450 e. The number of hydrogen-bond donors (Lipinski definition) is 1. The number of hydrogen-bond acceptors (Lipinski definition) is 4. The molecule has 0 radical (unpaired) electrons. The molecule has 0 aromatic rings. The van der Waals surface area contributed by atoms with Crippen molar-refractivity contribution in [2.45, 2.75) is 57.5 Å². The molecule has 1 amide bonds. The van der Waals surface area contributed by atoms with Crippen LogP contribution >= 0.6 is 0 Å². The molecular weight excluding hydrogens is 266 g/mol. The fourth-order valence-corrected chi connectivity index (χ4v) is 3.44. The van der Waals surface area contributed by atoms with Gasteiger partial charge in [0.15, 0.2) is 0 Å². The average Bonchev–Trinajstić information content (AvgIpc) is 2.50. The van der Waals surface area contributed by atoms with E-state index in [0.717, 1.165) is 38.5 Å². The molecule has 2 aliphatic heterocycles. The summed E-state index contributed by atoms with van der Waals surface area (Å²) in [5.41, 5.74) is 0. The summed E-state index contributed by atoms with van der Waals surface area (Å²) in [5.74, 6) is 0. The van der Waals surface area contributed by atoms with Crippen molar-refractivity contribution in [2.24, 2.45) is 0 Å². The van der Waals surface area contributed by atoms with Gasteiger partial charge in [-0.3, -0.25) is 0 Å². The maximum atomic E-state index is 11.6. The zero-order valence-corrected chi connectivity index (χ0v) is 13.6. The predicted molar refractivity (Wildman–Crippen MR) is 84.5 cm³/mol. The minimum absolute atomic E-state index is 0.153. The lowest BCUT2D eigenvalue weighted by atomic mass is 9.99. The summed E-state index contributed by atoms with van der Waals surface area (Å²) in [6.07, 6.45) is 7.26. The second kappa shape index (κ2) is 8.59. The van der Waals surface area contributed by atoms with Crippen molar-refractivity contribution in [1.82, 2.24) is 15.1 Å². The van der Waals surface area contributed by atoms with Gasteiger partial charge in [-0.2, -0.15) is 0 Å². The number of ether oxygens (including phenoxy) is 1. The van der Waals surface area contributed by atoms with Crippen LogP contribution in [0.1, 0.15) is 45.4 Å². The number of amides is 1. The van der Waals surface area contributed by atoms with Gasteiger partial charge in [-0.15, -0.1) is 0 Å². The molecule has 0 saturated carbocycles. The Kier molecular flexibility index (Phi) is 6.77. The number of rotatable bonds is 5. The summed E-state index contributed by atoms with van der Waals surface area (Å²) in [5, 5.41) is 3.68. The third kappa shape index (κ3) is 5.15. The monoisotopic (exact) mass is 297 g/mol. The Labute approximate surface area is 129 Å². The lowest BCUT2D eigenvalue weighted by molar-refractivity contribution is 0.0947. The van der Waals surface area contributed by atoms with Crippen LogP contribution < -0.4 is 5.32 Å². The van der Waals surface area contributed by atoms with E-state index < -0.39 is 0 Å². The van der Waals surface area contributed by atoms with E-state index in [1.165, 1.54) is 32.2 Å². The van der Waals surface area contributed by atoms with Crippen LogP contribution in [0.5, 0.6) is 0 Å². The molecule has 1 atom stereocenters. The molecular formula is C16H31N3O2. The van der Waals surface area contributed by atoms with Crippen molar-refractivity contribution in [3.8, 4) is 0 Å². The van der Waals surface area contributed by atoms with E-state index in [1.54, 1.807) is 0 Å². The minimum atomic E-state index is -0.153. The molecule has 0 spiro atoms. The molecule has 2 rings (SSSR count). The smallest absolute Gasteiger partial charge is 0.409 e. The van der Waals surface area contributed by atoms with Crippen LogP contribution in [-0.4, -0.2) is 67.8 Å². The first kappa shape index (κ1) is 16.6. The molecule has 2 heterocycles. The standard InChI is InChI=1S/C16H31N3O2/c1-3-21-16(20)19-12-8-14(9-13-19)17-10-7-15-6-4-5-11-18(15)2/h14-15,17H,3-13H2,1-2H3. The summed E-state index contributed by atoms with van der Waals surface area (Å²) in [6, 6.07) is 1.32. The van der Waals surface area contributed by atoms with Crippen LogP contribution in [0.25, 0.3) is 0 Å². The van der Waals surface area contributed by atoms with E-state index in [1.807, 2.05) is 11.8 Å². The average molecular weight is 297 g/mol. The van der Waals surface area contributed by atoms with Crippen LogP contribution in [0, 0.1) is 0 Å². The van der Waals surface area contributed by atoms with Crippen molar-refractivity contribution < 1.29 is 9.53 Å². The van der Waals surface area contributed by atoms with Crippen LogP contribution in [0.2, 0.25) is 0 Å². The summed E-state index contributed by atoms with van der Waals surface area (Å²) in [7, 11) is 2.25. The van der Waals surface area contributed by atoms with Gasteiger partial charge in [0.2, 0.25) is 0 Å². The van der Waals surface area contributed by atoms with Gasteiger partial charge in [0.05, 0.1) is 6.61 Å². The Bertz CT molecular complexity index is 317. The van der Waals surface area contributed by atoms with Gasteiger partial charge >= 0.3 is 6.09 Å². The molecule has 2 aliphatic rings. The molecule has 2 fully saturated rings. The predicted octanol–water partition coefficient (Wildman–Crippen LogP) is 2.07. The van der Waals surface area contributed by atoms with Crippen molar-refractivity contribution >= 4 is 6.09 Å². The third-order valence-corrected chi connectivity index (χ3v) is 4.85. The zero-order valence-electron chi connectivity index (χ0n) is 13.6. The van der Waals surface area contributed by atoms with Crippen LogP contribution in [0.3, 0.4) is 0 Å². The molecule has 1 N–H and O–H groups in total. The van der Waals surface area contributed by atoms with Gasteiger partial charge < -0.3 is 19.9 Å². The number of nitrogens with one attached hydrogen (secondary N) is 1. The largest absolute Gasteiger partial charge is 0.450 e. The lowest BCUT2D eigenvalue weighted by Gasteiger charge is -2.34. The number of likely N-dealkylation sites (tertiary alicyclic amines) is 2. The summed E-state index contributed by atoms with van der Waals surface area (Å²) >= 11 is 0. The normalized spacial score (nSPS) is 25.0. The lowest BCUT2D eigenvalue weighted by Crippen LogP contribution is -2.46. The van der Waals surface area contributed by atoms with Crippen LogP contribution in [0.15, 0.2) is 0 Å². The summed E-state index contributed by atoms with van der Waals surface area (Å²) < 4.78 is 5.05. The maximum absolute atomic E-state index is 11.6. The topological polar surface area (TPSA) is 44.8 Å². The molecule has 21 heavy (non-hydrogen) atoms. The number of carbonyl (C=O) groups excluding carboxylic acids is 1.